The number of hydrogen-bond acceptors (Lipinski definition) is 3. The summed E-state index contributed by atoms with van der Waals surface area (Å²) < 4.78 is 65.5. The molecule has 0 aromatic carbocycles. The first-order valence-corrected chi connectivity index (χ1v) is 5.64. The number of carboxylic acid groups (broad SMARTS) is 1. The molecule has 0 unspecified atom stereocenters. The average molecular weight is 350 g/mol. The van der Waals surface area contributed by atoms with Crippen LogP contribution >= 0.6 is 15.9 Å². The molecule has 1 N–H and O–H groups in total. The lowest BCUT2D eigenvalue weighted by molar-refractivity contribution is -0.275. The fourth-order valence-electron chi connectivity index (χ4n) is 1.26. The second-order valence-corrected chi connectivity index (χ2v) is 3.72. The van der Waals surface area contributed by atoms with Gasteiger partial charge in [0, 0.05) is 11.5 Å². The van der Waals surface area contributed by atoms with Crippen LogP contribution in [0, 0.1) is 0 Å². The van der Waals surface area contributed by atoms with Crippen LogP contribution < -0.4 is 4.74 Å². The molecular formula is C9H5BrF5NO3. The highest BCUT2D eigenvalue weighted by Crippen LogP contribution is 2.38. The second kappa shape index (κ2) is 5.68. The number of alkyl halides is 6. The van der Waals surface area contributed by atoms with Crippen molar-refractivity contribution in [3.8, 4) is 5.75 Å². The first-order chi connectivity index (χ1) is 8.67. The lowest BCUT2D eigenvalue weighted by Gasteiger charge is -2.16. The quantitative estimate of drug-likeness (QED) is 0.667. The molecule has 0 spiro atoms. The van der Waals surface area contributed by atoms with Crippen LogP contribution in [0.25, 0.3) is 0 Å². The van der Waals surface area contributed by atoms with Gasteiger partial charge in [-0.1, -0.05) is 15.9 Å². The van der Waals surface area contributed by atoms with Crippen LogP contribution in [0.15, 0.2) is 6.20 Å². The SMILES string of the molecule is O=C(O)c1ncc(CBr)c(C(F)F)c1OC(F)(F)F. The van der Waals surface area contributed by atoms with Crippen LogP contribution in [0.3, 0.4) is 0 Å². The minimum atomic E-state index is -5.31. The molecule has 1 aromatic rings. The fraction of sp³-hybridized carbons (Fsp3) is 0.333. The number of carbonyl (C=O) groups is 1. The molecule has 0 saturated heterocycles. The number of hydrogen-bond donors (Lipinski definition) is 1. The van der Waals surface area contributed by atoms with E-state index in [4.69, 9.17) is 5.11 Å². The number of halogens is 6. The number of aromatic carboxylic acids is 1. The Bertz CT molecular complexity index is 491. The van der Waals surface area contributed by atoms with E-state index in [1.54, 1.807) is 0 Å². The van der Waals surface area contributed by atoms with Crippen LogP contribution in [-0.2, 0) is 5.33 Å². The van der Waals surface area contributed by atoms with E-state index in [2.05, 4.69) is 25.7 Å². The van der Waals surface area contributed by atoms with E-state index in [1.165, 1.54) is 0 Å². The van der Waals surface area contributed by atoms with Crippen molar-refractivity contribution in [3.63, 3.8) is 0 Å². The zero-order valence-corrected chi connectivity index (χ0v) is 10.4. The Morgan fingerprint density at radius 2 is 2.05 bits per heavy atom. The largest absolute Gasteiger partial charge is 0.573 e. The lowest BCUT2D eigenvalue weighted by Crippen LogP contribution is -2.21. The summed E-state index contributed by atoms with van der Waals surface area (Å²) in [5.74, 6) is -3.39. The number of rotatable bonds is 4. The van der Waals surface area contributed by atoms with Crippen molar-refractivity contribution in [2.75, 3.05) is 0 Å². The Kier molecular flexibility index (Phi) is 4.66. The van der Waals surface area contributed by atoms with Crippen molar-refractivity contribution in [2.45, 2.75) is 18.1 Å². The molecule has 1 aromatic heterocycles. The number of aromatic nitrogens is 1. The summed E-state index contributed by atoms with van der Waals surface area (Å²) in [7, 11) is 0. The van der Waals surface area contributed by atoms with Gasteiger partial charge in [-0.05, 0) is 5.56 Å². The number of nitrogens with zero attached hydrogens (tertiary/aromatic N) is 1. The first kappa shape index (κ1) is 15.6. The molecule has 0 saturated carbocycles. The van der Waals surface area contributed by atoms with E-state index >= 15 is 0 Å². The minimum Gasteiger partial charge on any atom is -0.476 e. The molecule has 0 atom stereocenters. The Morgan fingerprint density at radius 3 is 2.42 bits per heavy atom. The molecule has 1 rings (SSSR count). The van der Waals surface area contributed by atoms with Crippen molar-refractivity contribution in [1.82, 2.24) is 4.98 Å². The van der Waals surface area contributed by atoms with E-state index < -0.39 is 35.8 Å². The smallest absolute Gasteiger partial charge is 0.476 e. The summed E-state index contributed by atoms with van der Waals surface area (Å²) in [6.07, 6.45) is -7.89. The van der Waals surface area contributed by atoms with Crippen LogP contribution in [0.5, 0.6) is 5.75 Å². The Morgan fingerprint density at radius 1 is 1.47 bits per heavy atom. The molecule has 1 heterocycles. The third kappa shape index (κ3) is 3.75. The van der Waals surface area contributed by atoms with Gasteiger partial charge in [0.25, 0.3) is 6.43 Å². The molecule has 0 aliphatic rings. The van der Waals surface area contributed by atoms with Gasteiger partial charge in [-0.3, -0.25) is 0 Å². The molecule has 0 amide bonds. The fourth-order valence-corrected chi connectivity index (χ4v) is 1.71. The predicted octanol–water partition coefficient (Wildman–Crippen LogP) is 3.51. The van der Waals surface area contributed by atoms with Crippen LogP contribution in [0.1, 0.15) is 28.0 Å². The second-order valence-electron chi connectivity index (χ2n) is 3.16. The molecule has 0 aliphatic heterocycles. The van der Waals surface area contributed by atoms with Crippen molar-refractivity contribution in [1.29, 1.82) is 0 Å². The molecule has 0 aliphatic carbocycles. The highest BCUT2D eigenvalue weighted by molar-refractivity contribution is 9.08. The molecule has 0 fully saturated rings. The molecule has 0 radical (unpaired) electrons. The maximum Gasteiger partial charge on any atom is 0.573 e. The number of pyridine rings is 1. The van der Waals surface area contributed by atoms with Crippen LogP contribution in [-0.4, -0.2) is 22.4 Å². The average Bonchev–Trinajstić information content (AvgIpc) is 2.25. The van der Waals surface area contributed by atoms with E-state index in [9.17, 15) is 26.7 Å². The van der Waals surface area contributed by atoms with E-state index in [0.717, 1.165) is 6.20 Å². The van der Waals surface area contributed by atoms with Gasteiger partial charge in [0.05, 0.1) is 5.56 Å². The standard InChI is InChI=1S/C9H5BrF5NO3/c10-1-3-2-16-5(8(17)18)6(4(3)7(11)12)19-9(13,14)15/h2,7H,1H2,(H,17,18). The Balaban J connectivity index is 3.53. The zero-order chi connectivity index (χ0) is 14.8. The van der Waals surface area contributed by atoms with Gasteiger partial charge in [-0.25, -0.2) is 18.6 Å². The molecule has 106 valence electrons. The molecule has 19 heavy (non-hydrogen) atoms. The summed E-state index contributed by atoms with van der Waals surface area (Å²) in [6, 6.07) is 0. The summed E-state index contributed by atoms with van der Waals surface area (Å²) >= 11 is 2.79. The van der Waals surface area contributed by atoms with E-state index in [0.29, 0.717) is 0 Å². The summed E-state index contributed by atoms with van der Waals surface area (Å²) in [6.45, 7) is 0. The van der Waals surface area contributed by atoms with Gasteiger partial charge in [0.15, 0.2) is 11.4 Å². The summed E-state index contributed by atoms with van der Waals surface area (Å²) in [5, 5.41) is 8.44. The van der Waals surface area contributed by atoms with E-state index in [-0.39, 0.29) is 10.9 Å². The Labute approximate surface area is 111 Å². The van der Waals surface area contributed by atoms with Gasteiger partial charge < -0.3 is 9.84 Å². The van der Waals surface area contributed by atoms with Crippen molar-refractivity contribution >= 4 is 21.9 Å². The molecule has 10 heteroatoms. The van der Waals surface area contributed by atoms with Gasteiger partial charge in [0.1, 0.15) is 0 Å². The monoisotopic (exact) mass is 349 g/mol. The highest BCUT2D eigenvalue weighted by Gasteiger charge is 2.37. The normalized spacial score (nSPS) is 11.7. The minimum absolute atomic E-state index is 0.228. The van der Waals surface area contributed by atoms with Crippen molar-refractivity contribution < 1.29 is 36.6 Å². The number of carboxylic acids is 1. The van der Waals surface area contributed by atoms with Crippen molar-refractivity contribution in [3.05, 3.63) is 23.0 Å². The van der Waals surface area contributed by atoms with E-state index in [1.807, 2.05) is 0 Å². The maximum absolute atomic E-state index is 12.8. The summed E-state index contributed by atoms with van der Waals surface area (Å²) in [5.41, 5.74) is -2.67. The van der Waals surface area contributed by atoms with Gasteiger partial charge in [-0.2, -0.15) is 0 Å². The van der Waals surface area contributed by atoms with Gasteiger partial charge in [-0.15, -0.1) is 13.2 Å². The lowest BCUT2D eigenvalue weighted by atomic mass is 10.1. The van der Waals surface area contributed by atoms with Gasteiger partial charge >= 0.3 is 12.3 Å². The first-order valence-electron chi connectivity index (χ1n) is 4.52. The van der Waals surface area contributed by atoms with Gasteiger partial charge in [0.2, 0.25) is 0 Å². The Hall–Kier alpha value is -1.45. The number of ether oxygens (including phenoxy) is 1. The highest BCUT2D eigenvalue weighted by atomic mass is 79.9. The maximum atomic E-state index is 12.8. The molecule has 0 bridgehead atoms. The topological polar surface area (TPSA) is 59.4 Å². The predicted molar refractivity (Wildman–Crippen MR) is 55.5 cm³/mol. The van der Waals surface area contributed by atoms with Crippen molar-refractivity contribution in [2.24, 2.45) is 0 Å². The third-order valence-corrected chi connectivity index (χ3v) is 2.54. The van der Waals surface area contributed by atoms with Crippen LogP contribution in [0.4, 0.5) is 22.0 Å². The molecule has 4 nitrogen and oxygen atoms in total. The zero-order valence-electron chi connectivity index (χ0n) is 8.84. The summed E-state index contributed by atoms with van der Waals surface area (Å²) in [4.78, 5) is 13.9. The third-order valence-electron chi connectivity index (χ3n) is 1.94. The van der Waals surface area contributed by atoms with Crippen LogP contribution in [0.2, 0.25) is 0 Å². The molecular weight excluding hydrogens is 345 g/mol.